The molecule has 3 aromatic heterocycles. The zero-order valence-electron chi connectivity index (χ0n) is 13.4. The third kappa shape index (κ3) is 2.45. The summed E-state index contributed by atoms with van der Waals surface area (Å²) in [5.41, 5.74) is 1.65. The summed E-state index contributed by atoms with van der Waals surface area (Å²) in [4.78, 5) is 35.3. The van der Waals surface area contributed by atoms with Crippen LogP contribution in [-0.4, -0.2) is 31.7 Å². The summed E-state index contributed by atoms with van der Waals surface area (Å²) in [6, 6.07) is 3.45. The number of hydrogen-bond donors (Lipinski definition) is 1. The number of thiophene rings is 1. The van der Waals surface area contributed by atoms with Crippen LogP contribution in [0.1, 0.15) is 46.2 Å². The number of piperidine rings is 1. The van der Waals surface area contributed by atoms with Crippen LogP contribution >= 0.6 is 11.3 Å². The summed E-state index contributed by atoms with van der Waals surface area (Å²) >= 11 is 1.48. The third-order valence-corrected chi connectivity index (χ3v) is 5.60. The van der Waals surface area contributed by atoms with Crippen molar-refractivity contribution in [3.05, 3.63) is 56.4 Å². The van der Waals surface area contributed by atoms with Gasteiger partial charge in [-0.1, -0.05) is 0 Å². The first-order chi connectivity index (χ1) is 11.6. The van der Waals surface area contributed by atoms with Crippen molar-refractivity contribution in [3.63, 3.8) is 0 Å². The number of fused-ring (bicyclic) bond motifs is 1. The highest BCUT2D eigenvalue weighted by Crippen LogP contribution is 2.32. The van der Waals surface area contributed by atoms with E-state index >= 15 is 0 Å². The van der Waals surface area contributed by atoms with E-state index in [1.165, 1.54) is 15.7 Å². The number of carbonyl (C=O) groups is 1. The molecule has 1 aliphatic rings. The molecule has 1 aliphatic heterocycles. The van der Waals surface area contributed by atoms with E-state index in [0.29, 0.717) is 12.3 Å². The monoisotopic (exact) mass is 342 g/mol. The molecular formula is C17H18N4O2S. The highest BCUT2D eigenvalue weighted by molar-refractivity contribution is 7.12. The molecule has 24 heavy (non-hydrogen) atoms. The summed E-state index contributed by atoms with van der Waals surface area (Å²) in [6.45, 7) is 2.67. The molecule has 0 bridgehead atoms. The van der Waals surface area contributed by atoms with Crippen molar-refractivity contribution >= 4 is 23.0 Å². The second kappa shape index (κ2) is 5.90. The minimum absolute atomic E-state index is 0.0521. The molecule has 3 aromatic rings. The SMILES string of the molecule is Cc1ccsc1C(=O)N1CCCC[C@H]1c1cc(=O)n2ccnc2[nH]1. The second-order valence-electron chi connectivity index (χ2n) is 6.13. The van der Waals surface area contributed by atoms with Gasteiger partial charge in [0, 0.05) is 30.7 Å². The molecule has 4 heterocycles. The fraction of sp³-hybridized carbons (Fsp3) is 0.353. The average molecular weight is 342 g/mol. The zero-order chi connectivity index (χ0) is 16.7. The van der Waals surface area contributed by atoms with Crippen molar-refractivity contribution in [2.24, 2.45) is 0 Å². The van der Waals surface area contributed by atoms with Crippen LogP contribution in [0.25, 0.3) is 5.78 Å². The van der Waals surface area contributed by atoms with Gasteiger partial charge in [0.2, 0.25) is 5.78 Å². The van der Waals surface area contributed by atoms with E-state index in [0.717, 1.165) is 35.4 Å². The molecular weight excluding hydrogens is 324 g/mol. The zero-order valence-corrected chi connectivity index (χ0v) is 14.2. The van der Waals surface area contributed by atoms with Crippen molar-refractivity contribution in [2.75, 3.05) is 6.54 Å². The first-order valence-corrected chi connectivity index (χ1v) is 8.94. The minimum Gasteiger partial charge on any atom is -0.329 e. The summed E-state index contributed by atoms with van der Waals surface area (Å²) in [6.07, 6.45) is 6.11. The first kappa shape index (κ1) is 15.1. The Hall–Kier alpha value is -2.41. The largest absolute Gasteiger partial charge is 0.329 e. The van der Waals surface area contributed by atoms with Crippen molar-refractivity contribution in [1.82, 2.24) is 19.3 Å². The maximum absolute atomic E-state index is 13.0. The lowest BCUT2D eigenvalue weighted by molar-refractivity contribution is 0.0610. The van der Waals surface area contributed by atoms with E-state index in [-0.39, 0.29) is 17.5 Å². The van der Waals surface area contributed by atoms with Gasteiger partial charge in [0.1, 0.15) is 0 Å². The number of imidazole rings is 1. The Balaban J connectivity index is 1.74. The van der Waals surface area contributed by atoms with Gasteiger partial charge in [-0.3, -0.25) is 14.0 Å². The molecule has 1 fully saturated rings. The van der Waals surface area contributed by atoms with Gasteiger partial charge in [-0.05, 0) is 43.2 Å². The maximum atomic E-state index is 13.0. The van der Waals surface area contributed by atoms with E-state index in [1.807, 2.05) is 23.3 Å². The Bertz CT molecular complexity index is 955. The van der Waals surface area contributed by atoms with Gasteiger partial charge in [0.15, 0.2) is 0 Å². The van der Waals surface area contributed by atoms with Gasteiger partial charge < -0.3 is 9.88 Å². The number of hydrogen-bond acceptors (Lipinski definition) is 4. The van der Waals surface area contributed by atoms with Gasteiger partial charge in [0.25, 0.3) is 11.5 Å². The van der Waals surface area contributed by atoms with Crippen LogP contribution in [-0.2, 0) is 0 Å². The molecule has 6 nitrogen and oxygen atoms in total. The van der Waals surface area contributed by atoms with Gasteiger partial charge in [-0.15, -0.1) is 11.3 Å². The predicted octanol–water partition coefficient (Wildman–Crippen LogP) is 2.76. The molecule has 1 saturated heterocycles. The highest BCUT2D eigenvalue weighted by Gasteiger charge is 2.31. The number of rotatable bonds is 2. The molecule has 0 aromatic carbocycles. The Morgan fingerprint density at radius 1 is 1.42 bits per heavy atom. The molecule has 0 saturated carbocycles. The van der Waals surface area contributed by atoms with Crippen molar-refractivity contribution < 1.29 is 4.79 Å². The van der Waals surface area contributed by atoms with Crippen molar-refractivity contribution in [1.29, 1.82) is 0 Å². The number of carbonyl (C=O) groups excluding carboxylic acids is 1. The molecule has 0 unspecified atom stereocenters. The number of H-pyrrole nitrogens is 1. The van der Waals surface area contributed by atoms with Crippen LogP contribution in [0.2, 0.25) is 0 Å². The van der Waals surface area contributed by atoms with Crippen LogP contribution in [0.5, 0.6) is 0 Å². The fourth-order valence-electron chi connectivity index (χ4n) is 3.34. The fourth-order valence-corrected chi connectivity index (χ4v) is 4.22. The van der Waals surface area contributed by atoms with Crippen LogP contribution in [0, 0.1) is 6.92 Å². The Labute approximate surface area is 142 Å². The molecule has 1 amide bonds. The lowest BCUT2D eigenvalue weighted by Gasteiger charge is -2.35. The number of nitrogens with one attached hydrogen (secondary N) is 1. The van der Waals surface area contributed by atoms with Crippen LogP contribution in [0.4, 0.5) is 0 Å². The van der Waals surface area contributed by atoms with Crippen molar-refractivity contribution in [2.45, 2.75) is 32.2 Å². The lowest BCUT2D eigenvalue weighted by atomic mass is 9.98. The maximum Gasteiger partial charge on any atom is 0.264 e. The number of likely N-dealkylation sites (tertiary alicyclic amines) is 1. The number of aromatic nitrogens is 3. The third-order valence-electron chi connectivity index (χ3n) is 4.59. The van der Waals surface area contributed by atoms with Crippen molar-refractivity contribution in [3.8, 4) is 0 Å². The van der Waals surface area contributed by atoms with E-state index in [1.54, 1.807) is 18.5 Å². The van der Waals surface area contributed by atoms with E-state index in [9.17, 15) is 9.59 Å². The highest BCUT2D eigenvalue weighted by atomic mass is 32.1. The molecule has 0 radical (unpaired) electrons. The van der Waals surface area contributed by atoms with E-state index in [2.05, 4.69) is 9.97 Å². The smallest absolute Gasteiger partial charge is 0.264 e. The molecule has 4 rings (SSSR count). The standard InChI is InChI=1S/C17H18N4O2S/c1-11-5-9-24-15(11)16(23)20-7-3-2-4-13(20)12-10-14(22)21-8-6-18-17(21)19-12/h5-6,8-10,13H,2-4,7H2,1H3,(H,18,19)/t13-/m0/s1. The average Bonchev–Trinajstić information content (AvgIpc) is 3.23. The predicted molar refractivity (Wildman–Crippen MR) is 92.5 cm³/mol. The van der Waals surface area contributed by atoms with Crippen LogP contribution in [0.3, 0.4) is 0 Å². The normalized spacial score (nSPS) is 18.2. The summed E-state index contributed by atoms with van der Waals surface area (Å²) in [5, 5.41) is 1.94. The Morgan fingerprint density at radius 3 is 3.08 bits per heavy atom. The molecule has 124 valence electrons. The number of amides is 1. The molecule has 1 atom stereocenters. The van der Waals surface area contributed by atoms with Crippen LogP contribution in [0.15, 0.2) is 34.7 Å². The second-order valence-corrected chi connectivity index (χ2v) is 7.04. The van der Waals surface area contributed by atoms with E-state index in [4.69, 9.17) is 0 Å². The van der Waals surface area contributed by atoms with Gasteiger partial charge >= 0.3 is 0 Å². The quantitative estimate of drug-likeness (QED) is 0.778. The summed E-state index contributed by atoms with van der Waals surface area (Å²) in [5.74, 6) is 0.569. The van der Waals surface area contributed by atoms with Crippen LogP contribution < -0.4 is 5.56 Å². The molecule has 7 heteroatoms. The number of aryl methyl sites for hydroxylation is 1. The minimum atomic E-state index is -0.124. The Kier molecular flexibility index (Phi) is 3.72. The Morgan fingerprint density at radius 2 is 2.29 bits per heavy atom. The molecule has 0 spiro atoms. The first-order valence-electron chi connectivity index (χ1n) is 8.06. The number of aromatic amines is 1. The summed E-state index contributed by atoms with van der Waals surface area (Å²) in [7, 11) is 0. The van der Waals surface area contributed by atoms with Gasteiger partial charge in [0.05, 0.1) is 10.9 Å². The topological polar surface area (TPSA) is 70.5 Å². The number of nitrogens with zero attached hydrogens (tertiary/aromatic N) is 3. The lowest BCUT2D eigenvalue weighted by Crippen LogP contribution is -2.39. The van der Waals surface area contributed by atoms with E-state index < -0.39 is 0 Å². The molecule has 0 aliphatic carbocycles. The van der Waals surface area contributed by atoms with Gasteiger partial charge in [-0.25, -0.2) is 4.98 Å². The van der Waals surface area contributed by atoms with Gasteiger partial charge in [-0.2, -0.15) is 0 Å². The summed E-state index contributed by atoms with van der Waals surface area (Å²) < 4.78 is 1.47. The molecule has 1 N–H and O–H groups in total.